The monoisotopic (exact) mass is 400 g/mol. The number of amides is 3. The molecule has 1 aromatic carbocycles. The van der Waals surface area contributed by atoms with E-state index >= 15 is 0 Å². The Bertz CT molecular complexity index is 752. The van der Waals surface area contributed by atoms with E-state index < -0.39 is 0 Å². The first-order valence-corrected chi connectivity index (χ1v) is 9.87. The van der Waals surface area contributed by atoms with Gasteiger partial charge in [-0.2, -0.15) is 0 Å². The summed E-state index contributed by atoms with van der Waals surface area (Å²) in [5.41, 5.74) is 1.95. The van der Waals surface area contributed by atoms with E-state index in [0.29, 0.717) is 57.1 Å². The van der Waals surface area contributed by atoms with E-state index in [0.717, 1.165) is 12.0 Å². The summed E-state index contributed by atoms with van der Waals surface area (Å²) in [5, 5.41) is 2.87. The highest BCUT2D eigenvalue weighted by molar-refractivity contribution is 6.10. The minimum Gasteiger partial charge on any atom is -0.385 e. The Hall–Kier alpha value is -2.71. The van der Waals surface area contributed by atoms with E-state index in [2.05, 4.69) is 11.9 Å². The van der Waals surface area contributed by atoms with E-state index in [1.54, 1.807) is 18.1 Å². The SMILES string of the molecule is C=C1c2ccccc2C(=O)N1CC(=O)N1CCN(CC(=O)NCCCOC)CC1. The Morgan fingerprint density at radius 1 is 1.10 bits per heavy atom. The lowest BCUT2D eigenvalue weighted by atomic mass is 10.1. The molecular formula is C21H28N4O4. The average Bonchev–Trinajstić information content (AvgIpc) is 2.97. The Balaban J connectivity index is 1.43. The molecule has 3 rings (SSSR count). The van der Waals surface area contributed by atoms with Gasteiger partial charge in [-0.1, -0.05) is 24.8 Å². The molecule has 0 radical (unpaired) electrons. The highest BCUT2D eigenvalue weighted by atomic mass is 16.5. The van der Waals surface area contributed by atoms with E-state index in [1.807, 2.05) is 23.1 Å². The van der Waals surface area contributed by atoms with Gasteiger partial charge in [0.1, 0.15) is 6.54 Å². The fraction of sp³-hybridized carbons (Fsp3) is 0.476. The molecule has 8 nitrogen and oxygen atoms in total. The molecule has 2 aliphatic rings. The van der Waals surface area contributed by atoms with Crippen molar-refractivity contribution in [2.75, 3.05) is 59.5 Å². The number of nitrogens with one attached hydrogen (secondary N) is 1. The molecule has 2 aliphatic heterocycles. The van der Waals surface area contributed by atoms with Gasteiger partial charge in [0.15, 0.2) is 0 Å². The highest BCUT2D eigenvalue weighted by Crippen LogP contribution is 2.30. The van der Waals surface area contributed by atoms with E-state index in [9.17, 15) is 14.4 Å². The fourth-order valence-electron chi connectivity index (χ4n) is 3.60. The van der Waals surface area contributed by atoms with Crippen LogP contribution in [0.25, 0.3) is 5.70 Å². The van der Waals surface area contributed by atoms with Gasteiger partial charge in [-0.3, -0.25) is 24.2 Å². The molecule has 8 heteroatoms. The predicted molar refractivity (Wildman–Crippen MR) is 109 cm³/mol. The first-order valence-electron chi connectivity index (χ1n) is 9.87. The Morgan fingerprint density at radius 3 is 2.45 bits per heavy atom. The van der Waals surface area contributed by atoms with Gasteiger partial charge in [-0.25, -0.2) is 0 Å². The largest absolute Gasteiger partial charge is 0.385 e. The summed E-state index contributed by atoms with van der Waals surface area (Å²) in [6.45, 7) is 7.86. The van der Waals surface area contributed by atoms with Crippen LogP contribution in [0.4, 0.5) is 0 Å². The third kappa shape index (κ3) is 5.02. The third-order valence-corrected chi connectivity index (χ3v) is 5.27. The topological polar surface area (TPSA) is 82.2 Å². The smallest absolute Gasteiger partial charge is 0.259 e. The van der Waals surface area contributed by atoms with Gasteiger partial charge in [0.2, 0.25) is 11.8 Å². The fourth-order valence-corrected chi connectivity index (χ4v) is 3.60. The average molecular weight is 400 g/mol. The number of methoxy groups -OCH3 is 1. The quantitative estimate of drug-likeness (QED) is 0.639. The van der Waals surface area contributed by atoms with Crippen LogP contribution in [0.1, 0.15) is 22.3 Å². The van der Waals surface area contributed by atoms with Crippen molar-refractivity contribution in [3.63, 3.8) is 0 Å². The summed E-state index contributed by atoms with van der Waals surface area (Å²) >= 11 is 0. The second kappa shape index (κ2) is 9.67. The van der Waals surface area contributed by atoms with Crippen molar-refractivity contribution < 1.29 is 19.1 Å². The zero-order valence-corrected chi connectivity index (χ0v) is 16.9. The number of benzene rings is 1. The standard InChI is InChI=1S/C21H28N4O4/c1-16-17-6-3-4-7-18(17)21(28)25(16)15-20(27)24-11-9-23(10-12-24)14-19(26)22-8-5-13-29-2/h3-4,6-7H,1,5,8-15H2,2H3,(H,22,26). The summed E-state index contributed by atoms with van der Waals surface area (Å²) in [7, 11) is 1.64. The maximum absolute atomic E-state index is 12.7. The number of carbonyl (C=O) groups is 3. The van der Waals surface area contributed by atoms with Crippen molar-refractivity contribution in [1.82, 2.24) is 20.0 Å². The molecule has 0 saturated carbocycles. The first kappa shape index (κ1) is 21.0. The van der Waals surface area contributed by atoms with Gasteiger partial charge in [-0.05, 0) is 12.5 Å². The van der Waals surface area contributed by atoms with Crippen LogP contribution >= 0.6 is 0 Å². The molecule has 1 N–H and O–H groups in total. The molecule has 0 spiro atoms. The molecule has 1 fully saturated rings. The van der Waals surface area contributed by atoms with Crippen molar-refractivity contribution in [1.29, 1.82) is 0 Å². The lowest BCUT2D eigenvalue weighted by Gasteiger charge is -2.35. The molecule has 0 bridgehead atoms. The van der Waals surface area contributed by atoms with Crippen molar-refractivity contribution in [2.45, 2.75) is 6.42 Å². The lowest BCUT2D eigenvalue weighted by Crippen LogP contribution is -2.53. The molecule has 29 heavy (non-hydrogen) atoms. The number of hydrogen-bond acceptors (Lipinski definition) is 5. The van der Waals surface area contributed by atoms with Crippen LogP contribution in [0.15, 0.2) is 30.8 Å². The molecule has 1 saturated heterocycles. The molecule has 156 valence electrons. The number of hydrogen-bond donors (Lipinski definition) is 1. The highest BCUT2D eigenvalue weighted by Gasteiger charge is 2.33. The van der Waals surface area contributed by atoms with Crippen molar-refractivity contribution >= 4 is 23.4 Å². The number of carbonyl (C=O) groups excluding carboxylic acids is 3. The van der Waals surface area contributed by atoms with Gasteiger partial charge >= 0.3 is 0 Å². The Morgan fingerprint density at radius 2 is 1.79 bits per heavy atom. The minimum atomic E-state index is -0.178. The normalized spacial score (nSPS) is 16.9. The van der Waals surface area contributed by atoms with Crippen LogP contribution in [-0.4, -0.2) is 92.0 Å². The summed E-state index contributed by atoms with van der Waals surface area (Å²) in [6, 6.07) is 7.27. The molecule has 3 amide bonds. The number of piperazine rings is 1. The second-order valence-electron chi connectivity index (χ2n) is 7.24. The van der Waals surface area contributed by atoms with E-state index in [1.165, 1.54) is 4.90 Å². The third-order valence-electron chi connectivity index (χ3n) is 5.27. The lowest BCUT2D eigenvalue weighted by molar-refractivity contribution is -0.133. The maximum Gasteiger partial charge on any atom is 0.259 e. The van der Waals surface area contributed by atoms with Crippen LogP contribution < -0.4 is 5.32 Å². The maximum atomic E-state index is 12.7. The number of nitrogens with zero attached hydrogens (tertiary/aromatic N) is 3. The summed E-state index contributed by atoms with van der Waals surface area (Å²) < 4.78 is 4.96. The zero-order chi connectivity index (χ0) is 20.8. The molecule has 1 aromatic rings. The van der Waals surface area contributed by atoms with Crippen LogP contribution in [-0.2, 0) is 14.3 Å². The molecule has 0 atom stereocenters. The van der Waals surface area contributed by atoms with E-state index in [4.69, 9.17) is 4.74 Å². The summed E-state index contributed by atoms with van der Waals surface area (Å²) in [4.78, 5) is 42.5. The first-order chi connectivity index (χ1) is 14.0. The number of fused-ring (bicyclic) bond motifs is 1. The number of rotatable bonds is 8. The zero-order valence-electron chi connectivity index (χ0n) is 16.9. The molecule has 0 unspecified atom stereocenters. The van der Waals surface area contributed by atoms with Crippen LogP contribution in [0.2, 0.25) is 0 Å². The summed E-state index contributed by atoms with van der Waals surface area (Å²) in [6.07, 6.45) is 0.787. The predicted octanol–water partition coefficient (Wildman–Crippen LogP) is 0.410. The molecule has 2 heterocycles. The number of ether oxygens (including phenoxy) is 1. The van der Waals surface area contributed by atoms with Gasteiger partial charge in [0, 0.05) is 63.3 Å². The van der Waals surface area contributed by atoms with Crippen LogP contribution in [0, 0.1) is 0 Å². The van der Waals surface area contributed by atoms with Gasteiger partial charge in [-0.15, -0.1) is 0 Å². The molecule has 0 aromatic heterocycles. The van der Waals surface area contributed by atoms with Gasteiger partial charge < -0.3 is 15.0 Å². The minimum absolute atomic E-state index is 0.00761. The van der Waals surface area contributed by atoms with Crippen molar-refractivity contribution in [3.8, 4) is 0 Å². The summed E-state index contributed by atoms with van der Waals surface area (Å²) in [5.74, 6) is -0.295. The van der Waals surface area contributed by atoms with Crippen LogP contribution in [0.3, 0.4) is 0 Å². The van der Waals surface area contributed by atoms with Gasteiger partial charge in [0.05, 0.1) is 6.54 Å². The Kier molecular flexibility index (Phi) is 7.00. The van der Waals surface area contributed by atoms with Gasteiger partial charge in [0.25, 0.3) is 5.91 Å². The van der Waals surface area contributed by atoms with Crippen LogP contribution in [0.5, 0.6) is 0 Å². The van der Waals surface area contributed by atoms with Crippen molar-refractivity contribution in [3.05, 3.63) is 42.0 Å². The molecular weight excluding hydrogens is 372 g/mol. The molecule has 0 aliphatic carbocycles. The second-order valence-corrected chi connectivity index (χ2v) is 7.24. The Labute approximate surface area is 171 Å². The van der Waals surface area contributed by atoms with Crippen molar-refractivity contribution in [2.24, 2.45) is 0 Å². The van der Waals surface area contributed by atoms with E-state index in [-0.39, 0.29) is 24.3 Å².